The number of likely N-dealkylation sites (N-methyl/N-ethyl adjacent to an activating group) is 1. The van der Waals surface area contributed by atoms with Crippen LogP contribution in [0.3, 0.4) is 0 Å². The number of ether oxygens (including phenoxy) is 1. The van der Waals surface area contributed by atoms with Gasteiger partial charge in [0.1, 0.15) is 17.9 Å². The summed E-state index contributed by atoms with van der Waals surface area (Å²) in [4.78, 5) is 18.5. The molecule has 2 aromatic heterocycles. The molecule has 38 heavy (non-hydrogen) atoms. The van der Waals surface area contributed by atoms with Crippen LogP contribution in [0.4, 0.5) is 15.3 Å². The average Bonchev–Trinajstić information content (AvgIpc) is 3.41. The number of aromatic nitrogens is 3. The number of halogens is 2. The molecular weight excluding hydrogens is 523 g/mol. The standard InChI is InChI=1S/C28H32ClFN6OS/c1-16-7-3-4-12-36(14-16)26-19-13-20(29)22(18-9-5-10-21-24(18)32-27(31)38-21)23(30)25(19)33-28(34-26)37-15-17-8-6-11-35(17)2/h5,9-10,13,16-17H,3-4,6-8,11-12,14-15H2,1-2H3,(H2,31,32)/t16?,17-/m0/s1. The average molecular weight is 555 g/mol. The van der Waals surface area contributed by atoms with Crippen molar-refractivity contribution in [2.45, 2.75) is 45.1 Å². The molecule has 0 aliphatic carbocycles. The van der Waals surface area contributed by atoms with Crippen molar-refractivity contribution < 1.29 is 9.13 Å². The van der Waals surface area contributed by atoms with Crippen LogP contribution in [-0.2, 0) is 0 Å². The molecule has 0 saturated carbocycles. The number of thiazole rings is 1. The lowest BCUT2D eigenvalue weighted by Crippen LogP contribution is -2.31. The minimum Gasteiger partial charge on any atom is -0.462 e. The molecule has 4 heterocycles. The number of benzene rings is 2. The summed E-state index contributed by atoms with van der Waals surface area (Å²) in [5.41, 5.74) is 7.69. The lowest BCUT2D eigenvalue weighted by atomic mass is 10.0. The third-order valence-corrected chi connectivity index (χ3v) is 8.98. The quantitative estimate of drug-likeness (QED) is 0.306. The van der Waals surface area contributed by atoms with E-state index in [9.17, 15) is 0 Å². The van der Waals surface area contributed by atoms with E-state index >= 15 is 4.39 Å². The smallest absolute Gasteiger partial charge is 0.319 e. The van der Waals surface area contributed by atoms with Crippen LogP contribution in [0, 0.1) is 11.7 Å². The Hall–Kier alpha value is -2.75. The molecule has 0 bridgehead atoms. The number of fused-ring (bicyclic) bond motifs is 2. The highest BCUT2D eigenvalue weighted by Gasteiger charge is 2.27. The maximum atomic E-state index is 16.5. The van der Waals surface area contributed by atoms with E-state index in [1.165, 1.54) is 11.3 Å². The van der Waals surface area contributed by atoms with Gasteiger partial charge in [0.25, 0.3) is 0 Å². The van der Waals surface area contributed by atoms with Gasteiger partial charge < -0.3 is 20.3 Å². The Kier molecular flexibility index (Phi) is 7.01. The van der Waals surface area contributed by atoms with E-state index in [1.807, 2.05) is 18.2 Å². The van der Waals surface area contributed by atoms with Crippen LogP contribution in [0.1, 0.15) is 39.0 Å². The summed E-state index contributed by atoms with van der Waals surface area (Å²) in [7, 11) is 2.10. The SMILES string of the molecule is CC1CCCCN(c2nc(OC[C@@H]3CCCN3C)nc3c(F)c(-c4cccc5sc(N)nc45)c(Cl)cc23)C1. The number of nitrogens with two attached hydrogens (primary N) is 1. The predicted molar refractivity (Wildman–Crippen MR) is 154 cm³/mol. The number of hydrogen-bond donors (Lipinski definition) is 1. The maximum Gasteiger partial charge on any atom is 0.319 e. The van der Waals surface area contributed by atoms with E-state index in [0.29, 0.717) is 51.0 Å². The fourth-order valence-corrected chi connectivity index (χ4v) is 6.84. The number of nitrogens with zero attached hydrogens (tertiary/aromatic N) is 5. The Labute approximate surface area is 230 Å². The Morgan fingerprint density at radius 3 is 2.82 bits per heavy atom. The molecule has 4 aromatic rings. The van der Waals surface area contributed by atoms with Gasteiger partial charge in [-0.3, -0.25) is 0 Å². The summed E-state index contributed by atoms with van der Waals surface area (Å²) in [5, 5.41) is 1.32. The number of likely N-dealkylation sites (tertiary alicyclic amines) is 1. The molecule has 2 saturated heterocycles. The molecule has 6 rings (SSSR count). The first-order valence-corrected chi connectivity index (χ1v) is 14.5. The number of anilines is 2. The summed E-state index contributed by atoms with van der Waals surface area (Å²) in [6, 6.07) is 7.91. The van der Waals surface area contributed by atoms with Gasteiger partial charge in [0, 0.05) is 35.6 Å². The normalized spacial score (nSPS) is 20.9. The second kappa shape index (κ2) is 10.4. The molecule has 200 valence electrons. The highest BCUT2D eigenvalue weighted by atomic mass is 35.5. The molecule has 0 amide bonds. The molecule has 0 spiro atoms. The molecule has 2 atom stereocenters. The fraction of sp³-hybridized carbons (Fsp3) is 0.464. The van der Waals surface area contributed by atoms with Gasteiger partial charge in [0.2, 0.25) is 0 Å². The van der Waals surface area contributed by atoms with E-state index < -0.39 is 5.82 Å². The minimum absolute atomic E-state index is 0.202. The van der Waals surface area contributed by atoms with Crippen molar-refractivity contribution in [3.8, 4) is 17.1 Å². The molecule has 2 aromatic carbocycles. The second-order valence-corrected chi connectivity index (χ2v) is 12.1. The van der Waals surface area contributed by atoms with Gasteiger partial charge in [-0.05, 0) is 57.3 Å². The highest BCUT2D eigenvalue weighted by Crippen LogP contribution is 2.42. The van der Waals surface area contributed by atoms with Crippen molar-refractivity contribution in [1.29, 1.82) is 0 Å². The number of rotatable bonds is 5. The van der Waals surface area contributed by atoms with Gasteiger partial charge in [-0.2, -0.15) is 9.97 Å². The molecule has 0 radical (unpaired) electrons. The van der Waals surface area contributed by atoms with E-state index in [1.54, 1.807) is 6.07 Å². The topological polar surface area (TPSA) is 80.4 Å². The zero-order chi connectivity index (χ0) is 26.4. The minimum atomic E-state index is -0.499. The molecule has 2 fully saturated rings. The first-order valence-electron chi connectivity index (χ1n) is 13.3. The molecular formula is C28H32ClFN6OS. The van der Waals surface area contributed by atoms with Gasteiger partial charge in [-0.1, -0.05) is 48.4 Å². The van der Waals surface area contributed by atoms with Crippen molar-refractivity contribution >= 4 is 55.0 Å². The van der Waals surface area contributed by atoms with Crippen molar-refractivity contribution in [3.63, 3.8) is 0 Å². The zero-order valence-corrected chi connectivity index (χ0v) is 23.3. The van der Waals surface area contributed by atoms with Gasteiger partial charge in [0.05, 0.1) is 15.2 Å². The van der Waals surface area contributed by atoms with Crippen LogP contribution >= 0.6 is 22.9 Å². The van der Waals surface area contributed by atoms with Crippen molar-refractivity contribution in [3.05, 3.63) is 35.1 Å². The van der Waals surface area contributed by atoms with Crippen LogP contribution in [-0.4, -0.2) is 59.2 Å². The maximum absolute atomic E-state index is 16.5. The van der Waals surface area contributed by atoms with Gasteiger partial charge in [0.15, 0.2) is 10.9 Å². The van der Waals surface area contributed by atoms with E-state index in [4.69, 9.17) is 27.1 Å². The molecule has 7 nitrogen and oxygen atoms in total. The van der Waals surface area contributed by atoms with Gasteiger partial charge >= 0.3 is 6.01 Å². The summed E-state index contributed by atoms with van der Waals surface area (Å²) in [6.45, 7) is 5.46. The Morgan fingerprint density at radius 1 is 1.13 bits per heavy atom. The third-order valence-electron chi connectivity index (χ3n) is 7.83. The fourth-order valence-electron chi connectivity index (χ4n) is 5.79. The first kappa shape index (κ1) is 25.5. The van der Waals surface area contributed by atoms with Crippen LogP contribution in [0.15, 0.2) is 24.3 Å². The summed E-state index contributed by atoms with van der Waals surface area (Å²) >= 11 is 8.18. The Balaban J connectivity index is 1.51. The lowest BCUT2D eigenvalue weighted by molar-refractivity contribution is 0.188. The molecule has 2 N–H and O–H groups in total. The monoisotopic (exact) mass is 554 g/mol. The number of nitrogen functional groups attached to an aromatic ring is 1. The first-order chi connectivity index (χ1) is 18.4. The Morgan fingerprint density at radius 2 is 2.00 bits per heavy atom. The summed E-state index contributed by atoms with van der Waals surface area (Å²) < 4.78 is 23.5. The number of para-hydroxylation sites is 1. The van der Waals surface area contributed by atoms with Gasteiger partial charge in [-0.15, -0.1) is 0 Å². The summed E-state index contributed by atoms with van der Waals surface area (Å²) in [5.74, 6) is 0.689. The van der Waals surface area contributed by atoms with Crippen LogP contribution in [0.2, 0.25) is 5.02 Å². The van der Waals surface area contributed by atoms with Crippen molar-refractivity contribution in [2.75, 3.05) is 43.9 Å². The number of hydrogen-bond acceptors (Lipinski definition) is 8. The van der Waals surface area contributed by atoms with E-state index in [-0.39, 0.29) is 17.1 Å². The summed E-state index contributed by atoms with van der Waals surface area (Å²) in [6.07, 6.45) is 5.59. The lowest BCUT2D eigenvalue weighted by Gasteiger charge is -2.26. The third kappa shape index (κ3) is 4.76. The molecule has 2 aliphatic rings. The van der Waals surface area contributed by atoms with Crippen molar-refractivity contribution in [2.24, 2.45) is 5.92 Å². The van der Waals surface area contributed by atoms with E-state index in [0.717, 1.165) is 56.4 Å². The van der Waals surface area contributed by atoms with Crippen LogP contribution < -0.4 is 15.4 Å². The predicted octanol–water partition coefficient (Wildman–Crippen LogP) is 6.38. The molecule has 10 heteroatoms. The zero-order valence-electron chi connectivity index (χ0n) is 21.7. The molecule has 1 unspecified atom stereocenters. The van der Waals surface area contributed by atoms with E-state index in [2.05, 4.69) is 33.7 Å². The van der Waals surface area contributed by atoms with Crippen LogP contribution in [0.5, 0.6) is 6.01 Å². The largest absolute Gasteiger partial charge is 0.462 e. The Bertz CT molecular complexity index is 1500. The van der Waals surface area contributed by atoms with Crippen LogP contribution in [0.25, 0.3) is 32.2 Å². The van der Waals surface area contributed by atoms with Crippen molar-refractivity contribution in [1.82, 2.24) is 19.9 Å². The van der Waals surface area contributed by atoms with Gasteiger partial charge in [-0.25, -0.2) is 9.37 Å². The highest BCUT2D eigenvalue weighted by molar-refractivity contribution is 7.22. The second-order valence-electron chi connectivity index (χ2n) is 10.6. The molecule has 2 aliphatic heterocycles.